The third-order valence-corrected chi connectivity index (χ3v) is 3.55. The van der Waals surface area contributed by atoms with Crippen LogP contribution in [0.3, 0.4) is 0 Å². The van der Waals surface area contributed by atoms with Crippen molar-refractivity contribution in [1.29, 1.82) is 5.53 Å². The van der Waals surface area contributed by atoms with Crippen LogP contribution in [0.5, 0.6) is 0 Å². The van der Waals surface area contributed by atoms with E-state index in [9.17, 15) is 4.79 Å². The number of nitrogens with zero attached hydrogens (tertiary/aromatic N) is 4. The van der Waals surface area contributed by atoms with Gasteiger partial charge in [-0.15, -0.1) is 0 Å². The first-order valence-electron chi connectivity index (χ1n) is 7.30. The van der Waals surface area contributed by atoms with Gasteiger partial charge in [0.15, 0.2) is 0 Å². The lowest BCUT2D eigenvalue weighted by molar-refractivity contribution is 0.132. The molecule has 126 valence electrons. The molecular weight excluding hydrogens is 308 g/mol. The molecule has 0 aliphatic rings. The molecule has 0 unspecified atom stereocenters. The van der Waals surface area contributed by atoms with Crippen molar-refractivity contribution in [2.75, 3.05) is 12.4 Å². The summed E-state index contributed by atoms with van der Waals surface area (Å²) in [6, 6.07) is 8.87. The van der Waals surface area contributed by atoms with Gasteiger partial charge in [-0.25, -0.2) is 4.79 Å². The first-order chi connectivity index (χ1) is 11.5. The molecule has 2 rings (SSSR count). The maximum atomic E-state index is 11.9. The SMILES string of the molecule is Cc1cccc(NC(=O)N(C)N=N)c1CO/N=C\c1cccn1C. The van der Waals surface area contributed by atoms with Gasteiger partial charge < -0.3 is 14.7 Å². The average Bonchev–Trinajstić information content (AvgIpc) is 2.97. The second kappa shape index (κ2) is 7.91. The number of rotatable bonds is 6. The Hall–Kier alpha value is -3.16. The standard InChI is InChI=1S/C16H20N6O2/c1-12-6-4-8-15(19-16(23)22(3)20-17)14(12)11-24-18-10-13-7-5-9-21(13)2/h4-10,17H,11H2,1-3H3,(H,19,23)/b18-10-,20-17?. The minimum atomic E-state index is -0.496. The van der Waals surface area contributed by atoms with E-state index in [4.69, 9.17) is 10.4 Å². The second-order valence-electron chi connectivity index (χ2n) is 5.21. The predicted molar refractivity (Wildman–Crippen MR) is 90.9 cm³/mol. The normalized spacial score (nSPS) is 10.6. The lowest BCUT2D eigenvalue weighted by Gasteiger charge is -2.15. The Kier molecular flexibility index (Phi) is 5.67. The van der Waals surface area contributed by atoms with E-state index >= 15 is 0 Å². The molecule has 8 nitrogen and oxygen atoms in total. The number of aromatic nitrogens is 1. The van der Waals surface area contributed by atoms with E-state index in [2.05, 4.69) is 15.7 Å². The molecule has 0 bridgehead atoms. The molecule has 1 aromatic carbocycles. The number of carbonyl (C=O) groups is 1. The van der Waals surface area contributed by atoms with Gasteiger partial charge >= 0.3 is 6.03 Å². The smallest absolute Gasteiger partial charge is 0.343 e. The van der Waals surface area contributed by atoms with E-state index < -0.39 is 6.03 Å². The number of aryl methyl sites for hydroxylation is 2. The maximum Gasteiger partial charge on any atom is 0.343 e. The summed E-state index contributed by atoms with van der Waals surface area (Å²) < 4.78 is 1.92. The Bertz CT molecular complexity index is 753. The van der Waals surface area contributed by atoms with Crippen LogP contribution in [-0.2, 0) is 18.5 Å². The highest BCUT2D eigenvalue weighted by atomic mass is 16.6. The summed E-state index contributed by atoms with van der Waals surface area (Å²) >= 11 is 0. The first kappa shape index (κ1) is 17.2. The van der Waals surface area contributed by atoms with E-state index in [1.165, 1.54) is 7.05 Å². The molecule has 0 saturated carbocycles. The zero-order valence-electron chi connectivity index (χ0n) is 13.9. The molecule has 0 aliphatic heterocycles. The van der Waals surface area contributed by atoms with Gasteiger partial charge in [0.2, 0.25) is 0 Å². The molecule has 0 fully saturated rings. The number of anilines is 1. The van der Waals surface area contributed by atoms with Gasteiger partial charge in [0.25, 0.3) is 0 Å². The Morgan fingerprint density at radius 3 is 2.88 bits per heavy atom. The van der Waals surface area contributed by atoms with Crippen molar-refractivity contribution in [2.24, 2.45) is 17.4 Å². The van der Waals surface area contributed by atoms with Crippen LogP contribution in [0.2, 0.25) is 0 Å². The Labute approximate surface area is 140 Å². The fraction of sp³-hybridized carbons (Fsp3) is 0.250. The van der Waals surface area contributed by atoms with Gasteiger partial charge in [-0.05, 0) is 30.7 Å². The summed E-state index contributed by atoms with van der Waals surface area (Å²) in [5, 5.41) is 10.6. The number of amides is 2. The average molecular weight is 328 g/mol. The van der Waals surface area contributed by atoms with Crippen molar-refractivity contribution >= 4 is 17.9 Å². The van der Waals surface area contributed by atoms with E-state index in [-0.39, 0.29) is 6.61 Å². The predicted octanol–water partition coefficient (Wildman–Crippen LogP) is 3.29. The highest BCUT2D eigenvalue weighted by Gasteiger charge is 2.12. The fourth-order valence-corrected chi connectivity index (χ4v) is 2.05. The maximum absolute atomic E-state index is 11.9. The van der Waals surface area contributed by atoms with E-state index in [0.29, 0.717) is 5.69 Å². The Balaban J connectivity index is 2.06. The van der Waals surface area contributed by atoms with Gasteiger partial charge in [-0.1, -0.05) is 22.5 Å². The fourth-order valence-electron chi connectivity index (χ4n) is 2.05. The Morgan fingerprint density at radius 2 is 2.21 bits per heavy atom. The molecule has 1 aromatic heterocycles. The number of nitrogens with one attached hydrogen (secondary N) is 2. The third-order valence-electron chi connectivity index (χ3n) is 3.55. The van der Waals surface area contributed by atoms with Crippen molar-refractivity contribution in [1.82, 2.24) is 9.58 Å². The van der Waals surface area contributed by atoms with Gasteiger partial charge in [0.1, 0.15) is 6.61 Å². The van der Waals surface area contributed by atoms with Crippen molar-refractivity contribution in [3.8, 4) is 0 Å². The molecule has 0 spiro atoms. The van der Waals surface area contributed by atoms with Gasteiger partial charge in [0.05, 0.1) is 11.9 Å². The summed E-state index contributed by atoms with van der Waals surface area (Å²) in [4.78, 5) is 17.2. The van der Waals surface area contributed by atoms with Crippen LogP contribution in [0.1, 0.15) is 16.8 Å². The molecule has 0 radical (unpaired) electrons. The lowest BCUT2D eigenvalue weighted by Crippen LogP contribution is -2.26. The summed E-state index contributed by atoms with van der Waals surface area (Å²) in [7, 11) is 3.32. The zero-order valence-corrected chi connectivity index (χ0v) is 13.9. The monoisotopic (exact) mass is 328 g/mol. The van der Waals surface area contributed by atoms with Crippen molar-refractivity contribution in [3.63, 3.8) is 0 Å². The first-order valence-corrected chi connectivity index (χ1v) is 7.30. The van der Waals surface area contributed by atoms with E-state index in [0.717, 1.165) is 21.8 Å². The highest BCUT2D eigenvalue weighted by molar-refractivity contribution is 5.89. The van der Waals surface area contributed by atoms with E-state index in [1.807, 2.05) is 49.0 Å². The molecule has 1 heterocycles. The van der Waals surface area contributed by atoms with Crippen LogP contribution >= 0.6 is 0 Å². The number of carbonyl (C=O) groups excluding carboxylic acids is 1. The van der Waals surface area contributed by atoms with Gasteiger partial charge in [0, 0.05) is 31.5 Å². The number of hydrogen-bond acceptors (Lipinski definition) is 5. The van der Waals surface area contributed by atoms with Gasteiger partial charge in [-0.2, -0.15) is 10.5 Å². The zero-order chi connectivity index (χ0) is 17.5. The van der Waals surface area contributed by atoms with Crippen molar-refractivity contribution in [2.45, 2.75) is 13.5 Å². The number of benzene rings is 1. The molecule has 0 atom stereocenters. The number of oxime groups is 1. The van der Waals surface area contributed by atoms with Crippen molar-refractivity contribution in [3.05, 3.63) is 53.3 Å². The summed E-state index contributed by atoms with van der Waals surface area (Å²) in [5.74, 6) is 0. The van der Waals surface area contributed by atoms with Gasteiger partial charge in [-0.3, -0.25) is 0 Å². The van der Waals surface area contributed by atoms with Crippen LogP contribution in [0.15, 0.2) is 46.9 Å². The molecule has 2 N–H and O–H groups in total. The van der Waals surface area contributed by atoms with Crippen LogP contribution in [0, 0.1) is 12.5 Å². The summed E-state index contributed by atoms with van der Waals surface area (Å²) in [6.07, 6.45) is 3.55. The molecule has 0 saturated heterocycles. The van der Waals surface area contributed by atoms with Crippen LogP contribution in [0.25, 0.3) is 0 Å². The van der Waals surface area contributed by atoms with Crippen molar-refractivity contribution < 1.29 is 9.63 Å². The largest absolute Gasteiger partial charge is 0.391 e. The number of hydrogen-bond donors (Lipinski definition) is 2. The second-order valence-corrected chi connectivity index (χ2v) is 5.21. The van der Waals surface area contributed by atoms with E-state index in [1.54, 1.807) is 12.3 Å². The summed E-state index contributed by atoms with van der Waals surface area (Å²) in [6.45, 7) is 2.14. The van der Waals surface area contributed by atoms with Crippen LogP contribution in [0.4, 0.5) is 10.5 Å². The number of urea groups is 1. The molecule has 8 heteroatoms. The molecule has 2 amide bonds. The minimum absolute atomic E-state index is 0.213. The van der Waals surface area contributed by atoms with Crippen LogP contribution in [-0.4, -0.2) is 28.9 Å². The molecular formula is C16H20N6O2. The summed E-state index contributed by atoms with van der Waals surface area (Å²) in [5.41, 5.74) is 10.2. The molecule has 24 heavy (non-hydrogen) atoms. The van der Waals surface area contributed by atoms with Crippen LogP contribution < -0.4 is 5.32 Å². The third kappa shape index (κ3) is 4.19. The molecule has 2 aromatic rings. The topological polar surface area (TPSA) is 95.1 Å². The minimum Gasteiger partial charge on any atom is -0.391 e. The Morgan fingerprint density at radius 1 is 1.42 bits per heavy atom. The highest BCUT2D eigenvalue weighted by Crippen LogP contribution is 2.21. The quantitative estimate of drug-likeness (QED) is 0.483. The lowest BCUT2D eigenvalue weighted by atomic mass is 10.1. The molecule has 0 aliphatic carbocycles.